The van der Waals surface area contributed by atoms with Crippen LogP contribution in [0.3, 0.4) is 0 Å². The number of methoxy groups -OCH3 is 2. The van der Waals surface area contributed by atoms with Gasteiger partial charge in [0.05, 0.1) is 25.2 Å². The van der Waals surface area contributed by atoms with Gasteiger partial charge in [-0.15, -0.1) is 6.58 Å². The Hall–Kier alpha value is -2.50. The third-order valence-electron chi connectivity index (χ3n) is 5.73. The molecule has 2 atom stereocenters. The highest BCUT2D eigenvalue weighted by atomic mass is 16.5. The van der Waals surface area contributed by atoms with Crippen LogP contribution in [-0.4, -0.2) is 62.0 Å². The lowest BCUT2D eigenvalue weighted by Gasteiger charge is -2.26. The number of ether oxygens (including phenoxy) is 2. The quantitative estimate of drug-likeness (QED) is 0.757. The molecule has 0 N–H and O–H groups in total. The van der Waals surface area contributed by atoms with Crippen LogP contribution >= 0.6 is 0 Å². The topological polar surface area (TPSA) is 59.1 Å². The molecule has 0 unspecified atom stereocenters. The molecular weight excluding hydrogens is 332 g/mol. The van der Waals surface area contributed by atoms with E-state index >= 15 is 0 Å². The van der Waals surface area contributed by atoms with Crippen molar-refractivity contribution in [3.63, 3.8) is 0 Å². The lowest BCUT2D eigenvalue weighted by molar-refractivity contribution is -0.136. The molecule has 0 saturated carbocycles. The minimum absolute atomic E-state index is 0.108. The molecule has 6 heteroatoms. The molecule has 1 aromatic carbocycles. The molecule has 0 aromatic heterocycles. The molecule has 2 saturated heterocycles. The van der Waals surface area contributed by atoms with Gasteiger partial charge in [-0.3, -0.25) is 9.59 Å². The van der Waals surface area contributed by atoms with E-state index < -0.39 is 5.41 Å². The highest BCUT2D eigenvalue weighted by molar-refractivity contribution is 5.98. The van der Waals surface area contributed by atoms with Gasteiger partial charge in [-0.2, -0.15) is 0 Å². The molecule has 1 aromatic rings. The summed E-state index contributed by atoms with van der Waals surface area (Å²) in [5.74, 6) is 1.27. The predicted molar refractivity (Wildman–Crippen MR) is 98.4 cm³/mol. The Morgan fingerprint density at radius 1 is 1.38 bits per heavy atom. The minimum atomic E-state index is -0.474. The molecule has 0 bridgehead atoms. The second kappa shape index (κ2) is 7.02. The first-order valence-electron chi connectivity index (χ1n) is 8.88. The number of benzene rings is 1. The van der Waals surface area contributed by atoms with E-state index in [0.717, 1.165) is 13.0 Å². The molecule has 2 heterocycles. The summed E-state index contributed by atoms with van der Waals surface area (Å²) in [6, 6.07) is 5.17. The third kappa shape index (κ3) is 2.83. The lowest BCUT2D eigenvalue weighted by Crippen LogP contribution is -2.40. The zero-order valence-corrected chi connectivity index (χ0v) is 15.7. The summed E-state index contributed by atoms with van der Waals surface area (Å²) in [6.07, 6.45) is 2.53. The molecule has 140 valence electrons. The second-order valence-electron chi connectivity index (χ2n) is 7.10. The maximum atomic E-state index is 13.1. The first-order chi connectivity index (χ1) is 12.5. The monoisotopic (exact) mass is 358 g/mol. The van der Waals surface area contributed by atoms with E-state index in [0.29, 0.717) is 36.7 Å². The van der Waals surface area contributed by atoms with Crippen LogP contribution in [0.4, 0.5) is 0 Å². The molecule has 2 fully saturated rings. The predicted octanol–water partition coefficient (Wildman–Crippen LogP) is 2.20. The molecule has 26 heavy (non-hydrogen) atoms. The molecular formula is C20H26N2O4. The maximum absolute atomic E-state index is 13.1. The van der Waals surface area contributed by atoms with Crippen LogP contribution in [0.1, 0.15) is 23.7 Å². The summed E-state index contributed by atoms with van der Waals surface area (Å²) >= 11 is 0. The van der Waals surface area contributed by atoms with Gasteiger partial charge >= 0.3 is 0 Å². The van der Waals surface area contributed by atoms with E-state index in [2.05, 4.69) is 13.5 Å². The number of hydrogen-bond donors (Lipinski definition) is 0. The zero-order chi connectivity index (χ0) is 18.9. The van der Waals surface area contributed by atoms with E-state index in [1.54, 1.807) is 36.3 Å². The van der Waals surface area contributed by atoms with Gasteiger partial charge in [0, 0.05) is 32.2 Å². The normalized spacial score (nSPS) is 25.0. The van der Waals surface area contributed by atoms with Crippen molar-refractivity contribution in [1.82, 2.24) is 9.80 Å². The third-order valence-corrected chi connectivity index (χ3v) is 5.73. The van der Waals surface area contributed by atoms with Gasteiger partial charge in [0.15, 0.2) is 0 Å². The Bertz CT molecular complexity index is 733. The minimum Gasteiger partial charge on any atom is -0.497 e. The van der Waals surface area contributed by atoms with Gasteiger partial charge in [0.25, 0.3) is 5.91 Å². The Kier molecular flexibility index (Phi) is 4.94. The van der Waals surface area contributed by atoms with Gasteiger partial charge in [-0.1, -0.05) is 13.0 Å². The summed E-state index contributed by atoms with van der Waals surface area (Å²) in [5.41, 5.74) is 0.0178. The summed E-state index contributed by atoms with van der Waals surface area (Å²) in [6.45, 7) is 8.10. The van der Waals surface area contributed by atoms with Crippen molar-refractivity contribution in [2.24, 2.45) is 11.3 Å². The number of nitrogens with zero attached hydrogens (tertiary/aromatic N) is 2. The highest BCUT2D eigenvalue weighted by Gasteiger charge is 2.55. The van der Waals surface area contributed by atoms with Crippen LogP contribution in [-0.2, 0) is 4.79 Å². The number of amides is 2. The van der Waals surface area contributed by atoms with Crippen molar-refractivity contribution in [3.8, 4) is 11.5 Å². The van der Waals surface area contributed by atoms with Gasteiger partial charge in [-0.05, 0) is 24.5 Å². The Morgan fingerprint density at radius 3 is 2.81 bits per heavy atom. The molecule has 6 nitrogen and oxygen atoms in total. The van der Waals surface area contributed by atoms with E-state index in [4.69, 9.17) is 9.47 Å². The van der Waals surface area contributed by atoms with Crippen LogP contribution in [0.15, 0.2) is 30.9 Å². The van der Waals surface area contributed by atoms with E-state index in [1.165, 1.54) is 7.11 Å². The number of hydrogen-bond acceptors (Lipinski definition) is 4. The fraction of sp³-hybridized carbons (Fsp3) is 0.500. The van der Waals surface area contributed by atoms with Crippen molar-refractivity contribution >= 4 is 11.8 Å². The Labute approximate surface area is 154 Å². The number of rotatable bonds is 5. The van der Waals surface area contributed by atoms with Gasteiger partial charge in [0.1, 0.15) is 11.5 Å². The molecule has 1 spiro atoms. The fourth-order valence-electron chi connectivity index (χ4n) is 4.16. The lowest BCUT2D eigenvalue weighted by atomic mass is 9.78. The Balaban J connectivity index is 1.83. The largest absolute Gasteiger partial charge is 0.497 e. The van der Waals surface area contributed by atoms with Gasteiger partial charge in [-0.25, -0.2) is 0 Å². The van der Waals surface area contributed by atoms with Crippen molar-refractivity contribution < 1.29 is 19.1 Å². The fourth-order valence-corrected chi connectivity index (χ4v) is 4.16. The molecule has 2 amide bonds. The molecule has 0 aliphatic carbocycles. The van der Waals surface area contributed by atoms with Crippen molar-refractivity contribution in [2.45, 2.75) is 13.3 Å². The van der Waals surface area contributed by atoms with E-state index in [9.17, 15) is 9.59 Å². The summed E-state index contributed by atoms with van der Waals surface area (Å²) in [5, 5.41) is 0. The Morgan fingerprint density at radius 2 is 2.15 bits per heavy atom. The summed E-state index contributed by atoms with van der Waals surface area (Å²) < 4.78 is 10.6. The average molecular weight is 358 g/mol. The van der Waals surface area contributed by atoms with E-state index in [1.807, 2.05) is 4.90 Å². The van der Waals surface area contributed by atoms with Crippen LogP contribution in [0.5, 0.6) is 11.5 Å². The van der Waals surface area contributed by atoms with Crippen LogP contribution in [0, 0.1) is 11.3 Å². The molecule has 3 rings (SSSR count). The first-order valence-corrected chi connectivity index (χ1v) is 8.88. The number of likely N-dealkylation sites (tertiary alicyclic amines) is 2. The second-order valence-corrected chi connectivity index (χ2v) is 7.10. The van der Waals surface area contributed by atoms with E-state index in [-0.39, 0.29) is 17.7 Å². The van der Waals surface area contributed by atoms with Crippen LogP contribution < -0.4 is 9.47 Å². The SMILES string of the molecule is C=CCN1CC[C@]2(CN(C(=O)c3ccc(OC)cc3OC)C[C@H]2C)C1=O. The van der Waals surface area contributed by atoms with Gasteiger partial charge in [0.2, 0.25) is 5.91 Å². The first kappa shape index (κ1) is 18.3. The van der Waals surface area contributed by atoms with Crippen LogP contribution in [0.25, 0.3) is 0 Å². The smallest absolute Gasteiger partial charge is 0.257 e. The van der Waals surface area contributed by atoms with Gasteiger partial charge < -0.3 is 19.3 Å². The van der Waals surface area contributed by atoms with Crippen molar-refractivity contribution in [1.29, 1.82) is 0 Å². The summed E-state index contributed by atoms with van der Waals surface area (Å²) in [4.78, 5) is 29.7. The van der Waals surface area contributed by atoms with Crippen molar-refractivity contribution in [3.05, 3.63) is 36.4 Å². The average Bonchev–Trinajstić information content (AvgIpc) is 3.16. The molecule has 0 radical (unpaired) electrons. The van der Waals surface area contributed by atoms with Crippen molar-refractivity contribution in [2.75, 3.05) is 40.4 Å². The molecule has 2 aliphatic heterocycles. The maximum Gasteiger partial charge on any atom is 0.257 e. The van der Waals surface area contributed by atoms with Crippen LogP contribution in [0.2, 0.25) is 0 Å². The number of carbonyl (C=O) groups is 2. The molecule has 2 aliphatic rings. The number of carbonyl (C=O) groups excluding carboxylic acids is 2. The highest BCUT2D eigenvalue weighted by Crippen LogP contribution is 2.45. The summed E-state index contributed by atoms with van der Waals surface area (Å²) in [7, 11) is 3.11. The zero-order valence-electron chi connectivity index (χ0n) is 15.7. The standard InChI is InChI=1S/C20H26N2O4/c1-5-9-21-10-8-20(19(21)24)13-22(12-14(20)2)18(23)16-7-6-15(25-3)11-17(16)26-4/h5-7,11,14H,1,8-10,12-13H2,2-4H3/t14-,20-/m1/s1.